The van der Waals surface area contributed by atoms with Gasteiger partial charge in [-0.2, -0.15) is 0 Å². The number of halogens is 1. The molecule has 0 amide bonds. The Morgan fingerprint density at radius 3 is 1.06 bits per heavy atom. The predicted octanol–water partition coefficient (Wildman–Crippen LogP) is 11.9. The van der Waals surface area contributed by atoms with E-state index < -0.39 is 0 Å². The van der Waals surface area contributed by atoms with Gasteiger partial charge in [0.15, 0.2) is 0 Å². The van der Waals surface area contributed by atoms with Gasteiger partial charge >= 0.3 is 0 Å². The van der Waals surface area contributed by atoms with Crippen molar-refractivity contribution in [3.8, 4) is 0 Å². The molecule has 0 aromatic carbocycles. The van der Waals surface area contributed by atoms with Gasteiger partial charge in [0.1, 0.15) is 0 Å². The van der Waals surface area contributed by atoms with Crippen molar-refractivity contribution in [3.63, 3.8) is 0 Å². The van der Waals surface area contributed by atoms with E-state index in [4.69, 9.17) is 5.73 Å². The average molecular weight is 502 g/mol. The van der Waals surface area contributed by atoms with Crippen LogP contribution in [0.5, 0.6) is 0 Å². The largest absolute Gasteiger partial charge is 0.325 e. The molecule has 2 N–H and O–H groups in total. The van der Waals surface area contributed by atoms with Gasteiger partial charge in [0, 0.05) is 5.54 Å². The first-order chi connectivity index (χ1) is 16.0. The maximum absolute atomic E-state index is 6.72. The van der Waals surface area contributed by atoms with E-state index >= 15 is 0 Å². The Morgan fingerprint density at radius 1 is 0.471 bits per heavy atom. The van der Waals surface area contributed by atoms with Crippen molar-refractivity contribution >= 4 is 12.4 Å². The second-order valence-electron chi connectivity index (χ2n) is 11.7. The van der Waals surface area contributed by atoms with E-state index in [1.54, 1.807) is 0 Å². The molecule has 0 rings (SSSR count). The first-order valence-corrected chi connectivity index (χ1v) is 15.8. The van der Waals surface area contributed by atoms with Gasteiger partial charge in [-0.15, -0.1) is 12.4 Å². The van der Waals surface area contributed by atoms with E-state index in [1.807, 2.05) is 0 Å². The van der Waals surface area contributed by atoms with Gasteiger partial charge in [-0.3, -0.25) is 0 Å². The fraction of sp³-hybridized carbons (Fsp3) is 1.00. The standard InChI is InChI=1S/C32H67N.ClH/c1-5-7-9-11-13-15-17-18-19-20-21-23-25-27-29-31(3)32(4,33)30-28-26-24-22-16-14-12-10-8-6-2;/h31H,5-30,33H2,1-4H3;1H. The molecule has 0 heterocycles. The Hall–Kier alpha value is 0.250. The van der Waals surface area contributed by atoms with E-state index in [2.05, 4.69) is 27.7 Å². The minimum absolute atomic E-state index is 0. The van der Waals surface area contributed by atoms with Gasteiger partial charge in [-0.25, -0.2) is 0 Å². The van der Waals surface area contributed by atoms with Gasteiger partial charge < -0.3 is 5.73 Å². The lowest BCUT2D eigenvalue weighted by Gasteiger charge is -2.32. The third-order valence-electron chi connectivity index (χ3n) is 8.19. The molecule has 0 fully saturated rings. The molecule has 0 aliphatic carbocycles. The van der Waals surface area contributed by atoms with Crippen LogP contribution in [0.4, 0.5) is 0 Å². The number of hydrogen-bond donors (Lipinski definition) is 1. The van der Waals surface area contributed by atoms with Crippen LogP contribution in [-0.2, 0) is 0 Å². The normalized spacial score (nSPS) is 14.0. The van der Waals surface area contributed by atoms with Crippen molar-refractivity contribution in [1.29, 1.82) is 0 Å². The van der Waals surface area contributed by atoms with E-state index in [9.17, 15) is 0 Å². The van der Waals surface area contributed by atoms with Crippen LogP contribution >= 0.6 is 12.4 Å². The highest BCUT2D eigenvalue weighted by atomic mass is 35.5. The second kappa shape index (κ2) is 27.8. The molecule has 0 saturated carbocycles. The maximum atomic E-state index is 6.72. The highest BCUT2D eigenvalue weighted by Gasteiger charge is 2.25. The van der Waals surface area contributed by atoms with Crippen LogP contribution in [0, 0.1) is 5.92 Å². The minimum atomic E-state index is 0. The lowest BCUT2D eigenvalue weighted by atomic mass is 9.80. The molecule has 1 nitrogen and oxygen atoms in total. The van der Waals surface area contributed by atoms with E-state index in [1.165, 1.54) is 167 Å². The van der Waals surface area contributed by atoms with Gasteiger partial charge in [0.25, 0.3) is 0 Å². The maximum Gasteiger partial charge on any atom is 0.0151 e. The Bertz CT molecular complexity index is 368. The van der Waals surface area contributed by atoms with Crippen LogP contribution in [0.15, 0.2) is 0 Å². The minimum Gasteiger partial charge on any atom is -0.325 e. The summed E-state index contributed by atoms with van der Waals surface area (Å²) >= 11 is 0. The Morgan fingerprint density at radius 2 is 0.735 bits per heavy atom. The van der Waals surface area contributed by atoms with Crippen molar-refractivity contribution in [2.45, 2.75) is 200 Å². The molecule has 34 heavy (non-hydrogen) atoms. The fourth-order valence-corrected chi connectivity index (χ4v) is 5.21. The molecule has 0 aliphatic heterocycles. The van der Waals surface area contributed by atoms with Crippen LogP contribution < -0.4 is 5.73 Å². The van der Waals surface area contributed by atoms with E-state index in [-0.39, 0.29) is 17.9 Å². The van der Waals surface area contributed by atoms with Gasteiger partial charge in [-0.1, -0.05) is 175 Å². The molecule has 0 aromatic rings. The molecule has 208 valence electrons. The molecular weight excluding hydrogens is 434 g/mol. The lowest BCUT2D eigenvalue weighted by molar-refractivity contribution is 0.265. The van der Waals surface area contributed by atoms with Crippen molar-refractivity contribution in [2.75, 3.05) is 0 Å². The number of rotatable bonds is 27. The Balaban J connectivity index is 0. The summed E-state index contributed by atoms with van der Waals surface area (Å²) < 4.78 is 0. The number of hydrogen-bond acceptors (Lipinski definition) is 1. The smallest absolute Gasteiger partial charge is 0.0151 e. The molecule has 2 heteroatoms. The number of nitrogens with two attached hydrogens (primary N) is 1. The summed E-state index contributed by atoms with van der Waals surface area (Å²) in [7, 11) is 0. The van der Waals surface area contributed by atoms with Crippen LogP contribution in [-0.4, -0.2) is 5.54 Å². The summed E-state index contributed by atoms with van der Waals surface area (Å²) in [6, 6.07) is 0. The van der Waals surface area contributed by atoms with Crippen LogP contribution in [0.25, 0.3) is 0 Å². The summed E-state index contributed by atoms with van der Waals surface area (Å²) in [4.78, 5) is 0. The van der Waals surface area contributed by atoms with Crippen LogP contribution in [0.3, 0.4) is 0 Å². The highest BCUT2D eigenvalue weighted by molar-refractivity contribution is 5.85. The zero-order valence-electron chi connectivity index (χ0n) is 24.4. The van der Waals surface area contributed by atoms with E-state index in [0.29, 0.717) is 5.92 Å². The van der Waals surface area contributed by atoms with Crippen molar-refractivity contribution in [2.24, 2.45) is 11.7 Å². The van der Waals surface area contributed by atoms with E-state index in [0.717, 1.165) is 0 Å². The predicted molar refractivity (Wildman–Crippen MR) is 160 cm³/mol. The van der Waals surface area contributed by atoms with Gasteiger partial charge in [0.05, 0.1) is 0 Å². The number of unbranched alkanes of at least 4 members (excludes halogenated alkanes) is 22. The molecule has 0 spiro atoms. The molecule has 0 aliphatic rings. The van der Waals surface area contributed by atoms with Gasteiger partial charge in [-0.05, 0) is 25.7 Å². The molecule has 2 unspecified atom stereocenters. The van der Waals surface area contributed by atoms with Crippen molar-refractivity contribution in [1.82, 2.24) is 0 Å². The average Bonchev–Trinajstić information content (AvgIpc) is 2.80. The summed E-state index contributed by atoms with van der Waals surface area (Å²) in [6.45, 7) is 9.32. The van der Waals surface area contributed by atoms with Crippen molar-refractivity contribution in [3.05, 3.63) is 0 Å². The second-order valence-corrected chi connectivity index (χ2v) is 11.7. The topological polar surface area (TPSA) is 26.0 Å². The molecular formula is C32H68ClN. The lowest BCUT2D eigenvalue weighted by Crippen LogP contribution is -2.42. The van der Waals surface area contributed by atoms with Gasteiger partial charge in [0.2, 0.25) is 0 Å². The van der Waals surface area contributed by atoms with Crippen molar-refractivity contribution < 1.29 is 0 Å². The van der Waals surface area contributed by atoms with Crippen LogP contribution in [0.1, 0.15) is 195 Å². The molecule has 2 atom stereocenters. The SMILES string of the molecule is CCCCCCCCCCCCCCCCC(C)C(C)(N)CCCCCCCCCCCC.Cl. The molecule has 0 aromatic heterocycles. The fourth-order valence-electron chi connectivity index (χ4n) is 5.21. The Kier molecular flexibility index (Phi) is 29.8. The zero-order chi connectivity index (χ0) is 24.5. The molecule has 0 saturated heterocycles. The first kappa shape index (κ1) is 36.4. The third kappa shape index (κ3) is 25.3. The molecule has 0 bridgehead atoms. The van der Waals surface area contributed by atoms with Crippen LogP contribution in [0.2, 0.25) is 0 Å². The first-order valence-electron chi connectivity index (χ1n) is 15.8. The summed E-state index contributed by atoms with van der Waals surface area (Å²) in [5.41, 5.74) is 6.76. The third-order valence-corrected chi connectivity index (χ3v) is 8.19. The summed E-state index contributed by atoms with van der Waals surface area (Å²) in [5, 5.41) is 0. The Labute approximate surface area is 224 Å². The summed E-state index contributed by atoms with van der Waals surface area (Å²) in [5.74, 6) is 0.661. The monoisotopic (exact) mass is 502 g/mol. The molecule has 0 radical (unpaired) electrons. The quantitative estimate of drug-likeness (QED) is 0.111. The highest BCUT2D eigenvalue weighted by Crippen LogP contribution is 2.26. The zero-order valence-corrected chi connectivity index (χ0v) is 25.3. The summed E-state index contributed by atoms with van der Waals surface area (Å²) in [6.07, 6.45) is 36.8.